The number of para-hydroxylation sites is 1. The van der Waals surface area contributed by atoms with Gasteiger partial charge in [0, 0.05) is 17.4 Å². The van der Waals surface area contributed by atoms with Crippen LogP contribution in [0.2, 0.25) is 0 Å². The van der Waals surface area contributed by atoms with Crippen molar-refractivity contribution in [3.05, 3.63) is 90.0 Å². The number of hydrogen-bond donors (Lipinski definition) is 1. The van der Waals surface area contributed by atoms with Crippen LogP contribution in [-0.2, 0) is 6.61 Å². The lowest BCUT2D eigenvalue weighted by Crippen LogP contribution is -1.96. The Hall–Kier alpha value is -2.74. The predicted molar refractivity (Wildman–Crippen MR) is 91.7 cm³/mol. The molecule has 0 amide bonds. The summed E-state index contributed by atoms with van der Waals surface area (Å²) >= 11 is 0. The molecule has 0 heterocycles. The van der Waals surface area contributed by atoms with Crippen LogP contribution >= 0.6 is 0 Å². The maximum Gasteiger partial charge on any atom is 0.121 e. The maximum absolute atomic E-state index is 5.86. The first-order valence-electron chi connectivity index (χ1n) is 7.41. The van der Waals surface area contributed by atoms with Crippen molar-refractivity contribution >= 4 is 11.4 Å². The number of hydrogen-bond acceptors (Lipinski definition) is 2. The third kappa shape index (κ3) is 3.67. The highest BCUT2D eigenvalue weighted by Crippen LogP contribution is 2.24. The van der Waals surface area contributed by atoms with Crippen LogP contribution in [0.5, 0.6) is 5.75 Å². The Morgan fingerprint density at radius 2 is 1.59 bits per heavy atom. The van der Waals surface area contributed by atoms with E-state index in [4.69, 9.17) is 4.74 Å². The SMILES string of the molecule is Cc1ccccc1Nc1cccc(OCc2ccccc2)c1. The first-order valence-corrected chi connectivity index (χ1v) is 7.41. The molecule has 0 spiro atoms. The fraction of sp³-hybridized carbons (Fsp3) is 0.100. The van der Waals surface area contributed by atoms with Gasteiger partial charge >= 0.3 is 0 Å². The van der Waals surface area contributed by atoms with Crippen molar-refractivity contribution in [1.29, 1.82) is 0 Å². The third-order valence-corrected chi connectivity index (χ3v) is 3.51. The van der Waals surface area contributed by atoms with Gasteiger partial charge in [-0.05, 0) is 36.2 Å². The Labute approximate surface area is 131 Å². The van der Waals surface area contributed by atoms with E-state index >= 15 is 0 Å². The van der Waals surface area contributed by atoms with Crippen molar-refractivity contribution in [3.8, 4) is 5.75 Å². The summed E-state index contributed by atoms with van der Waals surface area (Å²) in [6, 6.07) is 26.5. The average Bonchev–Trinajstić information content (AvgIpc) is 2.57. The topological polar surface area (TPSA) is 21.3 Å². The first-order chi connectivity index (χ1) is 10.8. The Morgan fingerprint density at radius 1 is 0.818 bits per heavy atom. The van der Waals surface area contributed by atoms with Crippen LogP contribution in [-0.4, -0.2) is 0 Å². The minimum Gasteiger partial charge on any atom is -0.489 e. The fourth-order valence-corrected chi connectivity index (χ4v) is 2.27. The normalized spacial score (nSPS) is 10.2. The number of aryl methyl sites for hydroxylation is 1. The second-order valence-corrected chi connectivity index (χ2v) is 5.24. The molecular formula is C20H19NO. The Morgan fingerprint density at radius 3 is 2.41 bits per heavy atom. The van der Waals surface area contributed by atoms with E-state index in [9.17, 15) is 0 Å². The molecule has 2 heteroatoms. The van der Waals surface area contributed by atoms with E-state index in [0.29, 0.717) is 6.61 Å². The van der Waals surface area contributed by atoms with Crippen LogP contribution < -0.4 is 10.1 Å². The molecular weight excluding hydrogens is 270 g/mol. The van der Waals surface area contributed by atoms with Crippen LogP contribution in [0.4, 0.5) is 11.4 Å². The van der Waals surface area contributed by atoms with Crippen molar-refractivity contribution in [3.63, 3.8) is 0 Å². The Kier molecular flexibility index (Phi) is 4.40. The molecule has 2 nitrogen and oxygen atoms in total. The monoisotopic (exact) mass is 289 g/mol. The second kappa shape index (κ2) is 6.81. The smallest absolute Gasteiger partial charge is 0.121 e. The molecule has 0 aliphatic rings. The van der Waals surface area contributed by atoms with Gasteiger partial charge < -0.3 is 10.1 Å². The summed E-state index contributed by atoms with van der Waals surface area (Å²) in [5.41, 5.74) is 4.53. The van der Waals surface area contributed by atoms with Crippen molar-refractivity contribution in [2.24, 2.45) is 0 Å². The average molecular weight is 289 g/mol. The van der Waals surface area contributed by atoms with Crippen LogP contribution in [0, 0.1) is 6.92 Å². The standard InChI is InChI=1S/C20H19NO/c1-16-8-5-6-13-20(16)21-18-11-7-12-19(14-18)22-15-17-9-3-2-4-10-17/h2-14,21H,15H2,1H3. The summed E-state index contributed by atoms with van der Waals surface area (Å²) in [4.78, 5) is 0. The van der Waals surface area contributed by atoms with Crippen molar-refractivity contribution < 1.29 is 4.74 Å². The summed E-state index contributed by atoms with van der Waals surface area (Å²) in [6.07, 6.45) is 0. The molecule has 0 radical (unpaired) electrons. The Balaban J connectivity index is 1.69. The lowest BCUT2D eigenvalue weighted by Gasteiger charge is -2.11. The summed E-state index contributed by atoms with van der Waals surface area (Å²) in [5, 5.41) is 3.43. The molecule has 0 atom stereocenters. The molecule has 110 valence electrons. The summed E-state index contributed by atoms with van der Waals surface area (Å²) in [7, 11) is 0. The van der Waals surface area contributed by atoms with Crippen LogP contribution in [0.25, 0.3) is 0 Å². The van der Waals surface area contributed by atoms with E-state index in [1.165, 1.54) is 11.1 Å². The van der Waals surface area contributed by atoms with Crippen molar-refractivity contribution in [2.45, 2.75) is 13.5 Å². The van der Waals surface area contributed by atoms with Gasteiger partial charge in [-0.15, -0.1) is 0 Å². The number of ether oxygens (including phenoxy) is 1. The molecule has 22 heavy (non-hydrogen) atoms. The van der Waals surface area contributed by atoms with Gasteiger partial charge in [0.1, 0.15) is 12.4 Å². The zero-order chi connectivity index (χ0) is 15.2. The molecule has 3 rings (SSSR count). The van der Waals surface area contributed by atoms with E-state index in [-0.39, 0.29) is 0 Å². The predicted octanol–water partition coefficient (Wildman–Crippen LogP) is 5.32. The van der Waals surface area contributed by atoms with Crippen molar-refractivity contribution in [2.75, 3.05) is 5.32 Å². The highest BCUT2D eigenvalue weighted by atomic mass is 16.5. The zero-order valence-electron chi connectivity index (χ0n) is 12.6. The largest absolute Gasteiger partial charge is 0.489 e. The molecule has 0 saturated heterocycles. The minimum atomic E-state index is 0.578. The van der Waals surface area contributed by atoms with E-state index in [0.717, 1.165) is 17.1 Å². The third-order valence-electron chi connectivity index (χ3n) is 3.51. The molecule has 3 aromatic rings. The first kappa shape index (κ1) is 14.2. The van der Waals surface area contributed by atoms with E-state index in [2.05, 4.69) is 36.5 Å². The van der Waals surface area contributed by atoms with Crippen LogP contribution in [0.15, 0.2) is 78.9 Å². The highest BCUT2D eigenvalue weighted by Gasteiger charge is 2.00. The number of anilines is 2. The minimum absolute atomic E-state index is 0.578. The van der Waals surface area contributed by atoms with E-state index in [1.54, 1.807) is 0 Å². The van der Waals surface area contributed by atoms with E-state index in [1.807, 2.05) is 54.6 Å². The number of rotatable bonds is 5. The number of benzene rings is 3. The molecule has 0 aliphatic heterocycles. The van der Waals surface area contributed by atoms with Gasteiger partial charge in [0.05, 0.1) is 0 Å². The van der Waals surface area contributed by atoms with Gasteiger partial charge in [-0.1, -0.05) is 54.6 Å². The molecule has 0 aromatic heterocycles. The molecule has 0 bridgehead atoms. The van der Waals surface area contributed by atoms with Gasteiger partial charge in [0.25, 0.3) is 0 Å². The second-order valence-electron chi connectivity index (χ2n) is 5.24. The Bertz CT molecular complexity index is 737. The molecule has 0 fully saturated rings. The molecule has 0 unspecified atom stereocenters. The lowest BCUT2D eigenvalue weighted by molar-refractivity contribution is 0.306. The number of nitrogens with one attached hydrogen (secondary N) is 1. The van der Waals surface area contributed by atoms with Gasteiger partial charge in [-0.2, -0.15) is 0 Å². The zero-order valence-corrected chi connectivity index (χ0v) is 12.6. The van der Waals surface area contributed by atoms with Crippen molar-refractivity contribution in [1.82, 2.24) is 0 Å². The summed E-state index contributed by atoms with van der Waals surface area (Å²) in [5.74, 6) is 0.863. The summed E-state index contributed by atoms with van der Waals surface area (Å²) < 4.78 is 5.86. The molecule has 0 aliphatic carbocycles. The van der Waals surface area contributed by atoms with Gasteiger partial charge in [0.15, 0.2) is 0 Å². The van der Waals surface area contributed by atoms with Crippen LogP contribution in [0.1, 0.15) is 11.1 Å². The highest BCUT2D eigenvalue weighted by molar-refractivity contribution is 5.63. The molecule has 0 saturated carbocycles. The quantitative estimate of drug-likeness (QED) is 0.686. The lowest BCUT2D eigenvalue weighted by atomic mass is 10.2. The molecule has 1 N–H and O–H groups in total. The maximum atomic E-state index is 5.86. The summed E-state index contributed by atoms with van der Waals surface area (Å²) in [6.45, 7) is 2.67. The molecule has 3 aromatic carbocycles. The van der Waals surface area contributed by atoms with Gasteiger partial charge in [0.2, 0.25) is 0 Å². The van der Waals surface area contributed by atoms with Gasteiger partial charge in [-0.3, -0.25) is 0 Å². The van der Waals surface area contributed by atoms with E-state index < -0.39 is 0 Å². The van der Waals surface area contributed by atoms with Crippen LogP contribution in [0.3, 0.4) is 0 Å². The van der Waals surface area contributed by atoms with Gasteiger partial charge in [-0.25, -0.2) is 0 Å². The fourth-order valence-electron chi connectivity index (χ4n) is 2.27.